The monoisotopic (exact) mass is 548 g/mol. The normalized spacial score (nSPS) is 23.6. The number of aromatic nitrogens is 2. The molecule has 3 atom stereocenters. The molecule has 0 unspecified atom stereocenters. The predicted molar refractivity (Wildman–Crippen MR) is 158 cm³/mol. The molecule has 3 aromatic rings. The number of anilines is 2. The Morgan fingerprint density at radius 1 is 1.21 bits per heavy atom. The third kappa shape index (κ3) is 5.65. The van der Waals surface area contributed by atoms with Gasteiger partial charge in [-0.05, 0) is 79.9 Å². The van der Waals surface area contributed by atoms with Crippen molar-refractivity contribution in [3.63, 3.8) is 0 Å². The summed E-state index contributed by atoms with van der Waals surface area (Å²) < 4.78 is 1.17. The average molecular weight is 549 g/mol. The molecule has 2 fully saturated rings. The van der Waals surface area contributed by atoms with Gasteiger partial charge in [0.05, 0.1) is 33.2 Å². The number of hydrogen-bond acceptors (Lipinski definition) is 7. The van der Waals surface area contributed by atoms with Gasteiger partial charge in [0.2, 0.25) is 0 Å². The van der Waals surface area contributed by atoms with Crippen LogP contribution in [-0.4, -0.2) is 58.3 Å². The highest BCUT2D eigenvalue weighted by molar-refractivity contribution is 7.18. The highest BCUT2D eigenvalue weighted by Crippen LogP contribution is 2.44. The number of hydrogen-bond donors (Lipinski definition) is 2. The van der Waals surface area contributed by atoms with Crippen molar-refractivity contribution in [3.05, 3.63) is 46.6 Å². The molecule has 0 bridgehead atoms. The first-order valence-electron chi connectivity index (χ1n) is 14.0. The number of nitrogens with zero attached hydrogens (tertiary/aromatic N) is 4. The van der Waals surface area contributed by atoms with Gasteiger partial charge in [-0.3, -0.25) is 9.59 Å². The molecular formula is C30H40N6O2S. The van der Waals surface area contributed by atoms with Crippen molar-refractivity contribution < 1.29 is 9.59 Å². The van der Waals surface area contributed by atoms with Gasteiger partial charge in [-0.2, -0.15) is 0 Å². The Balaban J connectivity index is 1.38. The van der Waals surface area contributed by atoms with Gasteiger partial charge < -0.3 is 20.9 Å². The van der Waals surface area contributed by atoms with E-state index in [-0.39, 0.29) is 11.5 Å². The first kappa shape index (κ1) is 27.5. The van der Waals surface area contributed by atoms with Crippen LogP contribution < -0.4 is 11.1 Å². The van der Waals surface area contributed by atoms with Crippen molar-refractivity contribution in [2.45, 2.75) is 65.3 Å². The maximum atomic E-state index is 13.5. The van der Waals surface area contributed by atoms with Crippen LogP contribution in [0.15, 0.2) is 30.5 Å². The molecule has 4 heterocycles. The molecule has 208 valence electrons. The topological polar surface area (TPSA) is 104 Å². The van der Waals surface area contributed by atoms with E-state index in [9.17, 15) is 9.59 Å². The van der Waals surface area contributed by atoms with Crippen LogP contribution in [0.4, 0.5) is 11.5 Å². The van der Waals surface area contributed by atoms with Crippen LogP contribution in [-0.2, 0) is 16.0 Å². The number of nitrogens with one attached hydrogen (secondary N) is 1. The van der Waals surface area contributed by atoms with Crippen LogP contribution in [0.3, 0.4) is 0 Å². The molecule has 0 radical (unpaired) electrons. The lowest BCUT2D eigenvalue weighted by Gasteiger charge is -2.42. The molecule has 0 saturated carbocycles. The number of benzene rings is 1. The van der Waals surface area contributed by atoms with Crippen molar-refractivity contribution in [1.29, 1.82) is 0 Å². The summed E-state index contributed by atoms with van der Waals surface area (Å²) in [6.07, 6.45) is 5.11. The number of carbonyl (C=O) groups excluding carboxylic acids is 2. The lowest BCUT2D eigenvalue weighted by atomic mass is 9.74. The van der Waals surface area contributed by atoms with E-state index < -0.39 is 11.8 Å². The van der Waals surface area contributed by atoms with Gasteiger partial charge in [0.15, 0.2) is 0 Å². The number of fused-ring (bicyclic) bond motifs is 1. The van der Waals surface area contributed by atoms with Gasteiger partial charge in [-0.1, -0.05) is 33.8 Å². The van der Waals surface area contributed by atoms with Crippen molar-refractivity contribution in [2.75, 3.05) is 37.7 Å². The van der Waals surface area contributed by atoms with Crippen LogP contribution in [0.2, 0.25) is 0 Å². The number of nitrogens with two attached hydrogens (primary N) is 1. The Bertz CT molecular complexity index is 1390. The summed E-state index contributed by atoms with van der Waals surface area (Å²) in [5.41, 5.74) is 9.41. The third-order valence-corrected chi connectivity index (χ3v) is 9.59. The third-order valence-electron chi connectivity index (χ3n) is 8.44. The molecular weight excluding hydrogens is 508 g/mol. The largest absolute Gasteiger partial charge is 0.383 e. The second-order valence-electron chi connectivity index (χ2n) is 12.1. The average Bonchev–Trinajstić information content (AvgIpc) is 3.31. The Kier molecular flexibility index (Phi) is 7.66. The summed E-state index contributed by atoms with van der Waals surface area (Å²) in [6, 6.07) is 8.00. The number of likely N-dealkylation sites (tertiary alicyclic amines) is 2. The highest BCUT2D eigenvalue weighted by atomic mass is 32.1. The standard InChI is InChI=1S/C30H40N6O2S/c1-6-19-13-21(15-32-26(19)31)33-27(37)29(38)36-16-18(2)7-9-24(36)20-8-10-25-23(14-20)34-28(39-25)22-11-12-35(5)17-30(22,3)4/h8,10,13-15,18,22,24H,6-7,9,11-12,16-17H2,1-5H3,(H2,31,32)(H,33,37)/t18-,22-,24+/m0/s1. The maximum absolute atomic E-state index is 13.5. The van der Waals surface area contributed by atoms with Crippen molar-refractivity contribution in [3.8, 4) is 0 Å². The van der Waals surface area contributed by atoms with E-state index in [1.807, 2.05) is 6.92 Å². The van der Waals surface area contributed by atoms with E-state index in [2.05, 4.69) is 61.2 Å². The minimum atomic E-state index is -0.649. The molecule has 39 heavy (non-hydrogen) atoms. The highest BCUT2D eigenvalue weighted by Gasteiger charge is 2.38. The van der Waals surface area contributed by atoms with Crippen LogP contribution >= 0.6 is 11.3 Å². The number of rotatable bonds is 4. The summed E-state index contributed by atoms with van der Waals surface area (Å²) in [5.74, 6) is 0.0246. The van der Waals surface area contributed by atoms with Crippen LogP contribution in [0, 0.1) is 11.3 Å². The fourth-order valence-corrected chi connectivity index (χ4v) is 7.61. The first-order valence-corrected chi connectivity index (χ1v) is 14.8. The minimum Gasteiger partial charge on any atom is -0.383 e. The van der Waals surface area contributed by atoms with E-state index >= 15 is 0 Å². The van der Waals surface area contributed by atoms with Crippen molar-refractivity contribution >= 4 is 44.9 Å². The Morgan fingerprint density at radius 2 is 2.00 bits per heavy atom. The van der Waals surface area contributed by atoms with Crippen LogP contribution in [0.25, 0.3) is 10.2 Å². The lowest BCUT2D eigenvalue weighted by Crippen LogP contribution is -2.46. The maximum Gasteiger partial charge on any atom is 0.313 e. The van der Waals surface area contributed by atoms with Gasteiger partial charge in [0.1, 0.15) is 5.82 Å². The van der Waals surface area contributed by atoms with Crippen molar-refractivity contribution in [1.82, 2.24) is 19.8 Å². The van der Waals surface area contributed by atoms with E-state index in [1.54, 1.807) is 22.3 Å². The second-order valence-corrected chi connectivity index (χ2v) is 13.1. The number of aryl methyl sites for hydroxylation is 1. The van der Waals surface area contributed by atoms with Gasteiger partial charge in [-0.15, -0.1) is 11.3 Å². The van der Waals surface area contributed by atoms with Gasteiger partial charge in [0, 0.05) is 19.0 Å². The molecule has 0 aliphatic carbocycles. The zero-order valence-electron chi connectivity index (χ0n) is 23.7. The van der Waals surface area contributed by atoms with E-state index in [0.29, 0.717) is 36.3 Å². The molecule has 5 rings (SSSR count). The number of pyridine rings is 1. The Labute approximate surface area is 235 Å². The minimum absolute atomic E-state index is 0.162. The number of thiazole rings is 1. The smallest absolute Gasteiger partial charge is 0.313 e. The Morgan fingerprint density at radius 3 is 2.74 bits per heavy atom. The lowest BCUT2D eigenvalue weighted by molar-refractivity contribution is -0.146. The van der Waals surface area contributed by atoms with Gasteiger partial charge in [-0.25, -0.2) is 9.97 Å². The molecule has 2 aliphatic rings. The summed E-state index contributed by atoms with van der Waals surface area (Å²) in [5, 5.41) is 3.95. The molecule has 8 nitrogen and oxygen atoms in total. The number of piperidine rings is 2. The first-order chi connectivity index (χ1) is 18.6. The van der Waals surface area contributed by atoms with Crippen LogP contribution in [0.1, 0.15) is 75.1 Å². The molecule has 3 N–H and O–H groups in total. The van der Waals surface area contributed by atoms with E-state index in [4.69, 9.17) is 10.7 Å². The summed E-state index contributed by atoms with van der Waals surface area (Å²) >= 11 is 1.79. The second kappa shape index (κ2) is 10.8. The summed E-state index contributed by atoms with van der Waals surface area (Å²) in [7, 11) is 2.19. The van der Waals surface area contributed by atoms with Gasteiger partial charge >= 0.3 is 11.8 Å². The van der Waals surface area contributed by atoms with E-state index in [1.165, 1.54) is 15.9 Å². The number of amides is 2. The summed E-state index contributed by atoms with van der Waals surface area (Å²) in [6.45, 7) is 11.5. The van der Waals surface area contributed by atoms with E-state index in [0.717, 1.165) is 49.0 Å². The molecule has 9 heteroatoms. The number of nitrogen functional groups attached to an aromatic ring is 1. The molecule has 1 aromatic carbocycles. The number of carbonyl (C=O) groups is 2. The molecule has 0 spiro atoms. The molecule has 2 saturated heterocycles. The Hall–Kier alpha value is -3.04. The fourth-order valence-electron chi connectivity index (χ4n) is 6.31. The zero-order chi connectivity index (χ0) is 27.9. The summed E-state index contributed by atoms with van der Waals surface area (Å²) in [4.78, 5) is 40.0. The fraction of sp³-hybridized carbons (Fsp3) is 0.533. The molecule has 2 aromatic heterocycles. The van der Waals surface area contributed by atoms with Crippen LogP contribution in [0.5, 0.6) is 0 Å². The predicted octanol–water partition coefficient (Wildman–Crippen LogP) is 5.22. The SMILES string of the molecule is CCc1cc(NC(=O)C(=O)N2C[C@@H](C)CC[C@@H]2c2ccc3sc([C@@H]4CCN(C)CC4(C)C)nc3c2)cnc1N. The van der Waals surface area contributed by atoms with Crippen molar-refractivity contribution in [2.24, 2.45) is 11.3 Å². The molecule has 2 aliphatic heterocycles. The zero-order valence-corrected chi connectivity index (χ0v) is 24.5. The quantitative estimate of drug-likeness (QED) is 0.433. The van der Waals surface area contributed by atoms with Gasteiger partial charge in [0.25, 0.3) is 0 Å². The molecule has 2 amide bonds.